The topological polar surface area (TPSA) is 138 Å². The third kappa shape index (κ3) is 5.18. The predicted molar refractivity (Wildman–Crippen MR) is 161 cm³/mol. The van der Waals surface area contributed by atoms with Crippen molar-refractivity contribution in [2.45, 2.75) is 32.6 Å². The summed E-state index contributed by atoms with van der Waals surface area (Å²) in [6.45, 7) is 1.86. The van der Waals surface area contributed by atoms with Gasteiger partial charge in [0.05, 0.1) is 46.7 Å². The van der Waals surface area contributed by atoms with E-state index in [1.807, 2.05) is 72.2 Å². The SMILES string of the molecule is COC(=O)C1CCC(C(=O)Nc2ccc(-n3c(-c4cccnc4N)nc4ccc(-c5ccccn5)cc43)nc2C)CC1. The van der Waals surface area contributed by atoms with Gasteiger partial charge in [-0.15, -0.1) is 0 Å². The third-order valence-corrected chi connectivity index (χ3v) is 7.89. The molecule has 0 saturated heterocycles. The summed E-state index contributed by atoms with van der Waals surface area (Å²) in [7, 11) is 1.40. The standard InChI is InChI=1S/C32H31N7O3/c1-19-24(38-31(40)20-8-10-21(11-9-20)32(41)42-2)14-15-28(36-19)39-27-18-22(25-7-3-4-16-34-25)12-13-26(27)37-30(39)23-6-5-17-35-29(23)33/h3-7,12-18,20-21H,8-11H2,1-2H3,(H2,33,35)(H,38,40). The van der Waals surface area contributed by atoms with Gasteiger partial charge in [-0.2, -0.15) is 0 Å². The van der Waals surface area contributed by atoms with Crippen molar-refractivity contribution in [1.82, 2.24) is 24.5 Å². The first-order valence-electron chi connectivity index (χ1n) is 13.9. The van der Waals surface area contributed by atoms with E-state index in [2.05, 4.69) is 15.3 Å². The van der Waals surface area contributed by atoms with Crippen molar-refractivity contribution in [3.05, 3.63) is 78.8 Å². The number of esters is 1. The van der Waals surface area contributed by atoms with Crippen LogP contribution in [0.4, 0.5) is 11.5 Å². The summed E-state index contributed by atoms with van der Waals surface area (Å²) in [5.74, 6) is 1.05. The third-order valence-electron chi connectivity index (χ3n) is 7.89. The van der Waals surface area contributed by atoms with Crippen molar-refractivity contribution in [1.29, 1.82) is 0 Å². The monoisotopic (exact) mass is 561 g/mol. The number of imidazole rings is 1. The number of nitrogen functional groups attached to an aromatic ring is 1. The van der Waals surface area contributed by atoms with Gasteiger partial charge in [-0.3, -0.25) is 19.1 Å². The number of nitrogens with zero attached hydrogens (tertiary/aromatic N) is 5. The van der Waals surface area contributed by atoms with Gasteiger partial charge >= 0.3 is 5.97 Å². The van der Waals surface area contributed by atoms with Gasteiger partial charge in [0.1, 0.15) is 11.6 Å². The molecule has 3 N–H and O–H groups in total. The number of nitrogens with two attached hydrogens (primary N) is 1. The Morgan fingerprint density at radius 2 is 1.71 bits per heavy atom. The van der Waals surface area contributed by atoms with Crippen LogP contribution < -0.4 is 11.1 Å². The van der Waals surface area contributed by atoms with Gasteiger partial charge in [-0.1, -0.05) is 12.1 Å². The number of pyridine rings is 3. The molecule has 10 nitrogen and oxygen atoms in total. The van der Waals surface area contributed by atoms with E-state index in [1.165, 1.54) is 7.11 Å². The second-order valence-electron chi connectivity index (χ2n) is 10.5. The number of nitrogens with one attached hydrogen (secondary N) is 1. The molecule has 0 bridgehead atoms. The van der Waals surface area contributed by atoms with Gasteiger partial charge in [0.25, 0.3) is 0 Å². The number of fused-ring (bicyclic) bond motifs is 1. The second kappa shape index (κ2) is 11.4. The van der Waals surface area contributed by atoms with Gasteiger partial charge in [0.15, 0.2) is 5.82 Å². The van der Waals surface area contributed by atoms with Crippen molar-refractivity contribution in [3.63, 3.8) is 0 Å². The lowest BCUT2D eigenvalue weighted by molar-refractivity contribution is -0.147. The largest absolute Gasteiger partial charge is 0.469 e. The van der Waals surface area contributed by atoms with Gasteiger partial charge < -0.3 is 15.8 Å². The Kier molecular flexibility index (Phi) is 7.35. The number of hydrogen-bond acceptors (Lipinski definition) is 8. The van der Waals surface area contributed by atoms with Crippen molar-refractivity contribution in [2.24, 2.45) is 11.8 Å². The van der Waals surface area contributed by atoms with E-state index >= 15 is 0 Å². The zero-order valence-electron chi connectivity index (χ0n) is 23.4. The molecule has 1 aliphatic carbocycles. The first-order valence-corrected chi connectivity index (χ1v) is 13.9. The smallest absolute Gasteiger partial charge is 0.308 e. The molecule has 0 atom stereocenters. The number of anilines is 2. The summed E-state index contributed by atoms with van der Waals surface area (Å²) in [6, 6.07) is 19.2. The summed E-state index contributed by atoms with van der Waals surface area (Å²) in [4.78, 5) is 43.6. The molecule has 1 aliphatic rings. The molecular formula is C32H31N7O3. The van der Waals surface area contributed by atoms with Crippen LogP contribution in [0.1, 0.15) is 31.4 Å². The van der Waals surface area contributed by atoms with Crippen LogP contribution in [0.5, 0.6) is 0 Å². The number of hydrogen-bond donors (Lipinski definition) is 2. The van der Waals surface area contributed by atoms with Crippen LogP contribution in [0.25, 0.3) is 39.5 Å². The molecule has 0 aliphatic heterocycles. The van der Waals surface area contributed by atoms with Crippen LogP contribution in [-0.4, -0.2) is 43.5 Å². The maximum atomic E-state index is 13.1. The van der Waals surface area contributed by atoms with Gasteiger partial charge in [0, 0.05) is 23.9 Å². The highest BCUT2D eigenvalue weighted by atomic mass is 16.5. The molecule has 1 amide bonds. The Labute approximate surface area is 243 Å². The van der Waals surface area contributed by atoms with Crippen LogP contribution in [0.2, 0.25) is 0 Å². The van der Waals surface area contributed by atoms with Crippen LogP contribution in [-0.2, 0) is 14.3 Å². The second-order valence-corrected chi connectivity index (χ2v) is 10.5. The number of amides is 1. The van der Waals surface area contributed by atoms with Crippen LogP contribution >= 0.6 is 0 Å². The fourth-order valence-corrected chi connectivity index (χ4v) is 5.58. The van der Waals surface area contributed by atoms with E-state index < -0.39 is 0 Å². The minimum Gasteiger partial charge on any atom is -0.469 e. The maximum absolute atomic E-state index is 13.1. The van der Waals surface area contributed by atoms with Crippen LogP contribution in [0, 0.1) is 18.8 Å². The van der Waals surface area contributed by atoms with E-state index in [9.17, 15) is 9.59 Å². The molecule has 6 rings (SSSR count). The van der Waals surface area contributed by atoms with Crippen molar-refractivity contribution in [2.75, 3.05) is 18.2 Å². The maximum Gasteiger partial charge on any atom is 0.308 e. The number of methoxy groups -OCH3 is 1. The number of rotatable bonds is 6. The molecule has 0 radical (unpaired) electrons. The Balaban J connectivity index is 1.35. The van der Waals surface area contributed by atoms with E-state index in [1.54, 1.807) is 12.4 Å². The van der Waals surface area contributed by atoms with Gasteiger partial charge in [0.2, 0.25) is 5.91 Å². The molecular weight excluding hydrogens is 530 g/mol. The Morgan fingerprint density at radius 3 is 2.43 bits per heavy atom. The first-order chi connectivity index (χ1) is 20.4. The molecule has 0 spiro atoms. The number of ether oxygens (including phenoxy) is 1. The Morgan fingerprint density at radius 1 is 0.929 bits per heavy atom. The lowest BCUT2D eigenvalue weighted by Crippen LogP contribution is -2.30. The number of benzene rings is 1. The summed E-state index contributed by atoms with van der Waals surface area (Å²) in [5.41, 5.74) is 11.7. The molecule has 212 valence electrons. The quantitative estimate of drug-likeness (QED) is 0.265. The Hall–Kier alpha value is -5.12. The number of carbonyl (C=O) groups excluding carboxylic acids is 2. The molecule has 1 aromatic carbocycles. The number of aromatic nitrogens is 5. The van der Waals surface area contributed by atoms with Crippen molar-refractivity contribution < 1.29 is 14.3 Å². The summed E-state index contributed by atoms with van der Waals surface area (Å²) in [6.07, 6.45) is 6.00. The lowest BCUT2D eigenvalue weighted by Gasteiger charge is -2.26. The molecule has 4 aromatic heterocycles. The minimum absolute atomic E-state index is 0.0622. The Bertz CT molecular complexity index is 1780. The first kappa shape index (κ1) is 27.1. The molecule has 10 heteroatoms. The molecule has 42 heavy (non-hydrogen) atoms. The summed E-state index contributed by atoms with van der Waals surface area (Å²) >= 11 is 0. The van der Waals surface area contributed by atoms with Gasteiger partial charge in [-0.25, -0.2) is 15.0 Å². The molecule has 5 aromatic rings. The van der Waals surface area contributed by atoms with Crippen molar-refractivity contribution in [3.8, 4) is 28.5 Å². The molecule has 0 unspecified atom stereocenters. The van der Waals surface area contributed by atoms with E-state index in [-0.39, 0.29) is 23.7 Å². The number of aryl methyl sites for hydroxylation is 1. The van der Waals surface area contributed by atoms with Crippen LogP contribution in [0.15, 0.2) is 73.1 Å². The average molecular weight is 562 g/mol. The van der Waals surface area contributed by atoms with Crippen LogP contribution in [0.3, 0.4) is 0 Å². The lowest BCUT2D eigenvalue weighted by atomic mass is 9.81. The average Bonchev–Trinajstić information content (AvgIpc) is 3.41. The fourth-order valence-electron chi connectivity index (χ4n) is 5.58. The van der Waals surface area contributed by atoms with E-state index in [4.69, 9.17) is 20.4 Å². The summed E-state index contributed by atoms with van der Waals surface area (Å²) in [5, 5.41) is 3.05. The van der Waals surface area contributed by atoms with Crippen molar-refractivity contribution >= 4 is 34.4 Å². The zero-order chi connectivity index (χ0) is 29.2. The van der Waals surface area contributed by atoms with E-state index in [0.29, 0.717) is 60.1 Å². The molecule has 1 saturated carbocycles. The highest BCUT2D eigenvalue weighted by Gasteiger charge is 2.30. The number of carbonyl (C=O) groups is 2. The van der Waals surface area contributed by atoms with E-state index in [0.717, 1.165) is 22.3 Å². The predicted octanol–water partition coefficient (Wildman–Crippen LogP) is 5.35. The minimum atomic E-state index is -0.198. The summed E-state index contributed by atoms with van der Waals surface area (Å²) < 4.78 is 6.83. The normalized spacial score (nSPS) is 16.7. The highest BCUT2D eigenvalue weighted by Crippen LogP contribution is 2.34. The molecule has 1 fully saturated rings. The van der Waals surface area contributed by atoms with Gasteiger partial charge in [-0.05, 0) is 81.1 Å². The highest BCUT2D eigenvalue weighted by molar-refractivity contribution is 5.93. The zero-order valence-corrected chi connectivity index (χ0v) is 23.4. The molecule has 4 heterocycles. The fraction of sp³-hybridized carbons (Fsp3) is 0.250.